The fourth-order valence-electron chi connectivity index (χ4n) is 1.84. The van der Waals surface area contributed by atoms with Crippen molar-refractivity contribution in [2.75, 3.05) is 24.6 Å². The number of rotatable bonds is 8. The van der Waals surface area contributed by atoms with Gasteiger partial charge < -0.3 is 14.7 Å². The normalized spacial score (nSPS) is 12.2. The summed E-state index contributed by atoms with van der Waals surface area (Å²) in [6.07, 6.45) is 0. The van der Waals surface area contributed by atoms with Crippen molar-refractivity contribution in [3.8, 4) is 5.75 Å². The highest BCUT2D eigenvalue weighted by molar-refractivity contribution is 5.70. The molecule has 0 aliphatic carbocycles. The maximum Gasteiger partial charge on any atom is 0.308 e. The number of hydrogen-bond donors (Lipinski definition) is 1. The number of ether oxygens (including phenoxy) is 1. The van der Waals surface area contributed by atoms with Crippen LogP contribution in [-0.4, -0.2) is 30.8 Å². The molecule has 0 bridgehead atoms. The summed E-state index contributed by atoms with van der Waals surface area (Å²) in [5.41, 5.74) is 1.03. The van der Waals surface area contributed by atoms with Gasteiger partial charge in [0.05, 0.1) is 12.5 Å². The first-order valence-electron chi connectivity index (χ1n) is 7.14. The van der Waals surface area contributed by atoms with Gasteiger partial charge in [-0.05, 0) is 37.1 Å². The molecule has 112 valence electrons. The Kier molecular flexibility index (Phi) is 6.36. The van der Waals surface area contributed by atoms with E-state index in [2.05, 4.69) is 18.7 Å². The Labute approximate surface area is 121 Å². The molecule has 20 heavy (non-hydrogen) atoms. The van der Waals surface area contributed by atoms with Crippen molar-refractivity contribution in [1.29, 1.82) is 0 Å². The summed E-state index contributed by atoms with van der Waals surface area (Å²) >= 11 is 0. The van der Waals surface area contributed by atoms with Crippen LogP contribution in [0.2, 0.25) is 0 Å². The molecule has 4 heteroatoms. The SMILES string of the molecule is CCN(CC(C)C(=O)O)c1ccc(OCC(C)C)cc1. The van der Waals surface area contributed by atoms with Gasteiger partial charge in [0.2, 0.25) is 0 Å². The molecule has 4 nitrogen and oxygen atoms in total. The van der Waals surface area contributed by atoms with Gasteiger partial charge in [-0.25, -0.2) is 0 Å². The summed E-state index contributed by atoms with van der Waals surface area (Å²) in [5.74, 6) is 0.204. The van der Waals surface area contributed by atoms with Crippen molar-refractivity contribution in [3.63, 3.8) is 0 Å². The van der Waals surface area contributed by atoms with Gasteiger partial charge >= 0.3 is 5.97 Å². The quantitative estimate of drug-likeness (QED) is 0.793. The van der Waals surface area contributed by atoms with Crippen LogP contribution >= 0.6 is 0 Å². The summed E-state index contributed by atoms with van der Waals surface area (Å²) < 4.78 is 5.64. The Morgan fingerprint density at radius 1 is 1.25 bits per heavy atom. The van der Waals surface area contributed by atoms with E-state index in [1.165, 1.54) is 0 Å². The van der Waals surface area contributed by atoms with E-state index in [0.29, 0.717) is 19.1 Å². The molecule has 1 aromatic rings. The van der Waals surface area contributed by atoms with E-state index >= 15 is 0 Å². The van der Waals surface area contributed by atoms with Gasteiger partial charge in [-0.3, -0.25) is 4.79 Å². The molecule has 0 aliphatic rings. The van der Waals surface area contributed by atoms with E-state index < -0.39 is 5.97 Å². The van der Waals surface area contributed by atoms with Crippen LogP contribution in [0.5, 0.6) is 5.75 Å². The molecular weight excluding hydrogens is 254 g/mol. The molecule has 0 amide bonds. The van der Waals surface area contributed by atoms with E-state index in [-0.39, 0.29) is 5.92 Å². The number of carboxylic acids is 1. The first kappa shape index (κ1) is 16.3. The Morgan fingerprint density at radius 3 is 2.30 bits per heavy atom. The fraction of sp³-hybridized carbons (Fsp3) is 0.562. The molecule has 1 atom stereocenters. The lowest BCUT2D eigenvalue weighted by Crippen LogP contribution is -2.31. The second kappa shape index (κ2) is 7.78. The Morgan fingerprint density at radius 2 is 1.85 bits per heavy atom. The van der Waals surface area contributed by atoms with Crippen molar-refractivity contribution in [1.82, 2.24) is 0 Å². The zero-order chi connectivity index (χ0) is 15.1. The molecule has 0 saturated carbocycles. The minimum Gasteiger partial charge on any atom is -0.493 e. The molecule has 0 radical (unpaired) electrons. The molecule has 0 fully saturated rings. The van der Waals surface area contributed by atoms with Crippen molar-refractivity contribution in [2.45, 2.75) is 27.7 Å². The molecule has 1 aromatic carbocycles. The van der Waals surface area contributed by atoms with Gasteiger partial charge in [0.15, 0.2) is 0 Å². The number of carbonyl (C=O) groups is 1. The van der Waals surface area contributed by atoms with E-state index in [1.807, 2.05) is 31.2 Å². The Balaban J connectivity index is 2.67. The number of hydrogen-bond acceptors (Lipinski definition) is 3. The van der Waals surface area contributed by atoms with Crippen LogP contribution < -0.4 is 9.64 Å². The molecule has 1 N–H and O–H groups in total. The smallest absolute Gasteiger partial charge is 0.308 e. The second-order valence-electron chi connectivity index (χ2n) is 5.48. The zero-order valence-corrected chi connectivity index (χ0v) is 12.8. The first-order chi connectivity index (χ1) is 9.43. The maximum atomic E-state index is 10.9. The number of benzene rings is 1. The summed E-state index contributed by atoms with van der Waals surface area (Å²) in [6.45, 7) is 9.97. The summed E-state index contributed by atoms with van der Waals surface area (Å²) in [4.78, 5) is 13.0. The van der Waals surface area contributed by atoms with Crippen molar-refractivity contribution < 1.29 is 14.6 Å². The van der Waals surface area contributed by atoms with Crippen LogP contribution in [0.15, 0.2) is 24.3 Å². The number of anilines is 1. The topological polar surface area (TPSA) is 49.8 Å². The van der Waals surface area contributed by atoms with Gasteiger partial charge in [0.1, 0.15) is 5.75 Å². The van der Waals surface area contributed by atoms with Crippen LogP contribution in [0.1, 0.15) is 27.7 Å². The van der Waals surface area contributed by atoms with Gasteiger partial charge in [-0.2, -0.15) is 0 Å². The Bertz CT molecular complexity index is 414. The monoisotopic (exact) mass is 279 g/mol. The van der Waals surface area contributed by atoms with Crippen molar-refractivity contribution >= 4 is 11.7 Å². The van der Waals surface area contributed by atoms with Crippen molar-refractivity contribution in [2.24, 2.45) is 11.8 Å². The average Bonchev–Trinajstić information content (AvgIpc) is 2.42. The molecule has 0 spiro atoms. The first-order valence-corrected chi connectivity index (χ1v) is 7.14. The highest BCUT2D eigenvalue weighted by Gasteiger charge is 2.15. The standard InChI is InChI=1S/C16H25NO3/c1-5-17(10-13(4)16(18)19)14-6-8-15(9-7-14)20-11-12(2)3/h6-9,12-13H,5,10-11H2,1-4H3,(H,18,19). The summed E-state index contributed by atoms with van der Waals surface area (Å²) in [5, 5.41) is 8.99. The zero-order valence-electron chi connectivity index (χ0n) is 12.8. The molecule has 1 rings (SSSR count). The Hall–Kier alpha value is -1.71. The van der Waals surface area contributed by atoms with Crippen LogP contribution in [0, 0.1) is 11.8 Å². The van der Waals surface area contributed by atoms with Crippen LogP contribution in [0.3, 0.4) is 0 Å². The number of nitrogens with zero attached hydrogens (tertiary/aromatic N) is 1. The number of aliphatic carboxylic acids is 1. The minimum atomic E-state index is -0.764. The molecule has 0 aliphatic heterocycles. The fourth-order valence-corrected chi connectivity index (χ4v) is 1.84. The third-order valence-electron chi connectivity index (χ3n) is 3.08. The molecule has 0 heterocycles. The van der Waals surface area contributed by atoms with E-state index in [9.17, 15) is 4.79 Å². The van der Waals surface area contributed by atoms with E-state index in [1.54, 1.807) is 6.92 Å². The van der Waals surface area contributed by atoms with E-state index in [0.717, 1.165) is 18.0 Å². The lowest BCUT2D eigenvalue weighted by Gasteiger charge is -2.25. The van der Waals surface area contributed by atoms with Crippen LogP contribution in [0.25, 0.3) is 0 Å². The minimum absolute atomic E-state index is 0.383. The van der Waals surface area contributed by atoms with Crippen molar-refractivity contribution in [3.05, 3.63) is 24.3 Å². The largest absolute Gasteiger partial charge is 0.493 e. The van der Waals surface area contributed by atoms with Gasteiger partial charge in [0.25, 0.3) is 0 Å². The summed E-state index contributed by atoms with van der Waals surface area (Å²) in [7, 11) is 0. The maximum absolute atomic E-state index is 10.9. The molecular formula is C16H25NO3. The van der Waals surface area contributed by atoms with Gasteiger partial charge in [-0.1, -0.05) is 20.8 Å². The van der Waals surface area contributed by atoms with Crippen LogP contribution in [0.4, 0.5) is 5.69 Å². The van der Waals surface area contributed by atoms with Crippen LogP contribution in [-0.2, 0) is 4.79 Å². The van der Waals surface area contributed by atoms with E-state index in [4.69, 9.17) is 9.84 Å². The van der Waals surface area contributed by atoms with Gasteiger partial charge in [-0.15, -0.1) is 0 Å². The molecule has 0 saturated heterocycles. The lowest BCUT2D eigenvalue weighted by atomic mass is 10.1. The third kappa shape index (κ3) is 5.11. The third-order valence-corrected chi connectivity index (χ3v) is 3.08. The highest BCUT2D eigenvalue weighted by Crippen LogP contribution is 2.20. The lowest BCUT2D eigenvalue weighted by molar-refractivity contribution is -0.140. The summed E-state index contributed by atoms with van der Waals surface area (Å²) in [6, 6.07) is 7.83. The average molecular weight is 279 g/mol. The molecule has 1 unspecified atom stereocenters. The molecule has 0 aromatic heterocycles. The predicted molar refractivity (Wildman–Crippen MR) is 81.5 cm³/mol. The van der Waals surface area contributed by atoms with Gasteiger partial charge in [0, 0.05) is 18.8 Å². The number of carboxylic acid groups (broad SMARTS) is 1. The highest BCUT2D eigenvalue weighted by atomic mass is 16.5. The second-order valence-corrected chi connectivity index (χ2v) is 5.48. The predicted octanol–water partition coefficient (Wildman–Crippen LogP) is 3.27.